The molecule has 0 bridgehead atoms. The molecule has 1 N–H and O–H groups in total. The lowest BCUT2D eigenvalue weighted by Gasteiger charge is -2.36. The van der Waals surface area contributed by atoms with Gasteiger partial charge in [0.1, 0.15) is 5.60 Å². The van der Waals surface area contributed by atoms with E-state index in [1.165, 1.54) is 0 Å². The van der Waals surface area contributed by atoms with Crippen LogP contribution in [0.15, 0.2) is 36.5 Å². The van der Waals surface area contributed by atoms with E-state index in [1.54, 1.807) is 15.8 Å². The van der Waals surface area contributed by atoms with Crippen molar-refractivity contribution in [3.8, 4) is 0 Å². The molecule has 1 atom stereocenters. The monoisotopic (exact) mass is 412 g/mol. The summed E-state index contributed by atoms with van der Waals surface area (Å²) in [5, 5.41) is 7.30. The predicted octanol–water partition coefficient (Wildman–Crippen LogP) is 3.53. The topological polar surface area (TPSA) is 76.5 Å². The lowest BCUT2D eigenvalue weighted by atomic mass is 10.0. The maximum atomic E-state index is 12.9. The number of carbonyl (C=O) groups is 2. The minimum Gasteiger partial charge on any atom is -0.444 e. The van der Waals surface area contributed by atoms with Gasteiger partial charge in [-0.1, -0.05) is 30.3 Å². The van der Waals surface area contributed by atoms with Crippen LogP contribution >= 0.6 is 0 Å². The van der Waals surface area contributed by atoms with Gasteiger partial charge in [0.15, 0.2) is 0 Å². The van der Waals surface area contributed by atoms with Crippen molar-refractivity contribution >= 4 is 12.0 Å². The normalized spacial score (nSPS) is 16.9. The summed E-state index contributed by atoms with van der Waals surface area (Å²) in [6.45, 7) is 6.65. The van der Waals surface area contributed by atoms with Crippen LogP contribution in [0.4, 0.5) is 4.79 Å². The van der Waals surface area contributed by atoms with E-state index in [2.05, 4.69) is 10.4 Å². The Morgan fingerprint density at radius 3 is 2.63 bits per heavy atom. The van der Waals surface area contributed by atoms with Crippen LogP contribution in [0.2, 0.25) is 0 Å². The first-order chi connectivity index (χ1) is 14.2. The Labute approximate surface area is 178 Å². The molecule has 1 aliphatic rings. The second-order valence-corrected chi connectivity index (χ2v) is 8.82. The number of nitrogens with one attached hydrogen (secondary N) is 1. The molecule has 2 aromatic rings. The number of amides is 2. The van der Waals surface area contributed by atoms with Crippen LogP contribution in [0.1, 0.15) is 61.6 Å². The molecule has 1 fully saturated rings. The first-order valence-electron chi connectivity index (χ1n) is 10.6. The largest absolute Gasteiger partial charge is 0.444 e. The predicted molar refractivity (Wildman–Crippen MR) is 115 cm³/mol. The van der Waals surface area contributed by atoms with Crippen LogP contribution in [0.3, 0.4) is 0 Å². The van der Waals surface area contributed by atoms with Gasteiger partial charge < -0.3 is 15.0 Å². The van der Waals surface area contributed by atoms with Gasteiger partial charge in [-0.05, 0) is 45.6 Å². The summed E-state index contributed by atoms with van der Waals surface area (Å²) in [6.07, 6.45) is 4.77. The van der Waals surface area contributed by atoms with Gasteiger partial charge in [-0.3, -0.25) is 9.48 Å². The van der Waals surface area contributed by atoms with Crippen molar-refractivity contribution in [2.24, 2.45) is 7.05 Å². The molecule has 162 valence electrons. The van der Waals surface area contributed by atoms with E-state index < -0.39 is 5.60 Å². The average molecular weight is 413 g/mol. The third-order valence-corrected chi connectivity index (χ3v) is 5.27. The van der Waals surface area contributed by atoms with E-state index in [4.69, 9.17) is 4.74 Å². The lowest BCUT2D eigenvalue weighted by molar-refractivity contribution is 0.00986. The van der Waals surface area contributed by atoms with E-state index in [0.717, 1.165) is 30.5 Å². The number of nitrogens with zero attached hydrogens (tertiary/aromatic N) is 3. The summed E-state index contributed by atoms with van der Waals surface area (Å²) < 4.78 is 7.29. The van der Waals surface area contributed by atoms with Crippen LogP contribution in [0, 0.1) is 0 Å². The van der Waals surface area contributed by atoms with E-state index in [-0.39, 0.29) is 18.0 Å². The van der Waals surface area contributed by atoms with Gasteiger partial charge in [0.05, 0.1) is 23.5 Å². The third-order valence-electron chi connectivity index (χ3n) is 5.27. The van der Waals surface area contributed by atoms with Crippen molar-refractivity contribution in [2.45, 2.75) is 58.1 Å². The highest BCUT2D eigenvalue weighted by Gasteiger charge is 2.31. The van der Waals surface area contributed by atoms with Gasteiger partial charge in [0, 0.05) is 26.6 Å². The molecular formula is C23H32N4O3. The van der Waals surface area contributed by atoms with Crippen molar-refractivity contribution in [1.82, 2.24) is 20.0 Å². The molecule has 1 aliphatic heterocycles. The Morgan fingerprint density at radius 2 is 1.93 bits per heavy atom. The van der Waals surface area contributed by atoms with E-state index in [1.807, 2.05) is 58.2 Å². The van der Waals surface area contributed by atoms with Gasteiger partial charge in [-0.15, -0.1) is 0 Å². The number of rotatable bonds is 5. The lowest BCUT2D eigenvalue weighted by Crippen LogP contribution is -2.50. The number of aryl methyl sites for hydroxylation is 1. The quantitative estimate of drug-likeness (QED) is 0.815. The minimum atomic E-state index is -0.537. The Kier molecular flexibility index (Phi) is 6.80. The number of ether oxygens (including phenoxy) is 1. The Balaban J connectivity index is 1.65. The first-order valence-corrected chi connectivity index (χ1v) is 10.6. The molecule has 7 nitrogen and oxygen atoms in total. The molecule has 1 unspecified atom stereocenters. The molecule has 0 spiro atoms. The van der Waals surface area contributed by atoms with Crippen molar-refractivity contribution in [3.63, 3.8) is 0 Å². The second-order valence-electron chi connectivity index (χ2n) is 8.82. The maximum absolute atomic E-state index is 12.9. The molecule has 0 aliphatic carbocycles. The van der Waals surface area contributed by atoms with E-state index >= 15 is 0 Å². The minimum absolute atomic E-state index is 0.0632. The zero-order chi connectivity index (χ0) is 21.7. The summed E-state index contributed by atoms with van der Waals surface area (Å²) in [4.78, 5) is 27.2. The summed E-state index contributed by atoms with van der Waals surface area (Å²) in [7, 11) is 1.85. The van der Waals surface area contributed by atoms with Crippen LogP contribution in [0.25, 0.3) is 0 Å². The molecule has 3 rings (SSSR count). The summed E-state index contributed by atoms with van der Waals surface area (Å²) in [6, 6.07) is 9.96. The first kappa shape index (κ1) is 21.9. The fraction of sp³-hybridized carbons (Fsp3) is 0.522. The number of hydrogen-bond acceptors (Lipinski definition) is 4. The van der Waals surface area contributed by atoms with Gasteiger partial charge in [0.25, 0.3) is 5.91 Å². The number of likely N-dealkylation sites (tertiary alicyclic amines) is 1. The maximum Gasteiger partial charge on any atom is 0.410 e. The van der Waals surface area contributed by atoms with Gasteiger partial charge >= 0.3 is 6.09 Å². The highest BCUT2D eigenvalue weighted by atomic mass is 16.6. The van der Waals surface area contributed by atoms with Crippen molar-refractivity contribution in [2.75, 3.05) is 13.1 Å². The van der Waals surface area contributed by atoms with Gasteiger partial charge in [-0.25, -0.2) is 4.79 Å². The van der Waals surface area contributed by atoms with Crippen LogP contribution in [0.5, 0.6) is 0 Å². The molecule has 0 radical (unpaired) electrons. The average Bonchev–Trinajstić information content (AvgIpc) is 3.06. The Bertz CT molecular complexity index is 870. The SMILES string of the molecule is Cn1ncc(C(=O)NCC2CCCCN2C(=O)OC(C)(C)C)c1Cc1ccccc1. The summed E-state index contributed by atoms with van der Waals surface area (Å²) in [5.41, 5.74) is 2.02. The second kappa shape index (κ2) is 9.32. The van der Waals surface area contributed by atoms with Crippen molar-refractivity contribution in [3.05, 3.63) is 53.3 Å². The number of hydrogen-bond donors (Lipinski definition) is 1. The van der Waals surface area contributed by atoms with Crippen LogP contribution in [-0.2, 0) is 18.2 Å². The van der Waals surface area contributed by atoms with Gasteiger partial charge in [-0.2, -0.15) is 5.10 Å². The van der Waals surface area contributed by atoms with E-state index in [9.17, 15) is 9.59 Å². The molecule has 30 heavy (non-hydrogen) atoms. The smallest absolute Gasteiger partial charge is 0.410 e. The molecule has 0 saturated carbocycles. The molecule has 1 aromatic carbocycles. The fourth-order valence-electron chi connectivity index (χ4n) is 3.73. The highest BCUT2D eigenvalue weighted by Crippen LogP contribution is 2.20. The van der Waals surface area contributed by atoms with Crippen LogP contribution < -0.4 is 5.32 Å². The molecule has 1 aromatic heterocycles. The third kappa shape index (κ3) is 5.62. The Morgan fingerprint density at radius 1 is 1.20 bits per heavy atom. The Hall–Kier alpha value is -2.83. The standard InChI is InChI=1S/C23H32N4O3/c1-23(2,3)30-22(29)27-13-9-8-12-18(27)15-24-21(28)19-16-25-26(4)20(19)14-17-10-6-5-7-11-17/h5-7,10-11,16,18H,8-9,12-15H2,1-4H3,(H,24,28). The number of benzene rings is 1. The van der Waals surface area contributed by atoms with Crippen molar-refractivity contribution < 1.29 is 14.3 Å². The summed E-state index contributed by atoms with van der Waals surface area (Å²) in [5.74, 6) is -0.163. The molecule has 7 heteroatoms. The van der Waals surface area contributed by atoms with Crippen molar-refractivity contribution in [1.29, 1.82) is 0 Å². The number of aromatic nitrogens is 2. The zero-order valence-electron chi connectivity index (χ0n) is 18.4. The number of piperidine rings is 1. The van der Waals surface area contributed by atoms with Gasteiger partial charge in [0.2, 0.25) is 0 Å². The molecular weight excluding hydrogens is 380 g/mol. The highest BCUT2D eigenvalue weighted by molar-refractivity contribution is 5.95. The number of carbonyl (C=O) groups excluding carboxylic acids is 2. The molecule has 1 saturated heterocycles. The molecule has 2 amide bonds. The summed E-state index contributed by atoms with van der Waals surface area (Å²) >= 11 is 0. The van der Waals surface area contributed by atoms with E-state index in [0.29, 0.717) is 25.1 Å². The van der Waals surface area contributed by atoms with Crippen LogP contribution in [-0.4, -0.2) is 51.4 Å². The molecule has 2 heterocycles. The zero-order valence-corrected chi connectivity index (χ0v) is 18.4. The fourth-order valence-corrected chi connectivity index (χ4v) is 3.73.